The van der Waals surface area contributed by atoms with Crippen LogP contribution >= 0.6 is 0 Å². The lowest BCUT2D eigenvalue weighted by Gasteiger charge is -2.30. The number of rotatable bonds is 15. The first kappa shape index (κ1) is 26.1. The number of benzene rings is 1. The van der Waals surface area contributed by atoms with Crippen LogP contribution < -0.4 is 5.56 Å². The van der Waals surface area contributed by atoms with Crippen molar-refractivity contribution >= 4 is 16.8 Å². The van der Waals surface area contributed by atoms with Gasteiger partial charge in [0.15, 0.2) is 0 Å². The molecule has 5 nitrogen and oxygen atoms in total. The minimum atomic E-state index is -0.221. The highest BCUT2D eigenvalue weighted by Crippen LogP contribution is 2.22. The highest BCUT2D eigenvalue weighted by molar-refractivity contribution is 5.78. The number of unbranched alkanes of at least 4 members (excludes halogenated alkanes) is 8. The summed E-state index contributed by atoms with van der Waals surface area (Å²) in [6.07, 6.45) is 12.2. The topological polar surface area (TPSA) is 55.2 Å². The summed E-state index contributed by atoms with van der Waals surface area (Å²) < 4.78 is 1.74. The number of hydrogen-bond acceptors (Lipinski definition) is 3. The van der Waals surface area contributed by atoms with Crippen molar-refractivity contribution in [2.45, 2.75) is 111 Å². The van der Waals surface area contributed by atoms with Gasteiger partial charge in [0.1, 0.15) is 5.82 Å². The molecule has 2 rings (SSSR count). The third-order valence-corrected chi connectivity index (χ3v) is 6.37. The number of fused-ring (bicyclic) bond motifs is 1. The van der Waals surface area contributed by atoms with E-state index in [1.165, 1.54) is 32.1 Å². The summed E-state index contributed by atoms with van der Waals surface area (Å²) in [6.45, 7) is 9.66. The van der Waals surface area contributed by atoms with Crippen LogP contribution in [0.25, 0.3) is 10.9 Å². The number of nitrogens with zero attached hydrogens (tertiary/aromatic N) is 3. The molecule has 0 spiro atoms. The van der Waals surface area contributed by atoms with E-state index in [0.29, 0.717) is 29.7 Å². The van der Waals surface area contributed by atoms with Crippen molar-refractivity contribution in [1.29, 1.82) is 0 Å². The summed E-state index contributed by atoms with van der Waals surface area (Å²) in [5, 5.41) is 0.636. The first-order chi connectivity index (χ1) is 15.5. The Morgan fingerprint density at radius 3 is 2.25 bits per heavy atom. The van der Waals surface area contributed by atoms with Gasteiger partial charge in [-0.1, -0.05) is 77.3 Å². The fraction of sp³-hybridized carbons (Fsp3) is 0.667. The predicted octanol–water partition coefficient (Wildman–Crippen LogP) is 6.64. The van der Waals surface area contributed by atoms with E-state index in [1.807, 2.05) is 43.0 Å². The van der Waals surface area contributed by atoms with Crippen molar-refractivity contribution in [3.63, 3.8) is 0 Å². The molecule has 1 atom stereocenters. The summed E-state index contributed by atoms with van der Waals surface area (Å²) in [5.74, 6) is 0.882. The maximum atomic E-state index is 13.2. The Balaban J connectivity index is 2.17. The molecule has 1 aromatic heterocycles. The lowest BCUT2D eigenvalue weighted by molar-refractivity contribution is -0.133. The molecule has 5 heteroatoms. The monoisotopic (exact) mass is 441 g/mol. The van der Waals surface area contributed by atoms with Crippen molar-refractivity contribution in [3.8, 4) is 0 Å². The van der Waals surface area contributed by atoms with Gasteiger partial charge in [-0.15, -0.1) is 0 Å². The van der Waals surface area contributed by atoms with Crippen LogP contribution in [0, 0.1) is 0 Å². The Morgan fingerprint density at radius 1 is 0.938 bits per heavy atom. The maximum absolute atomic E-state index is 13.2. The SMILES string of the molecule is CCCCCCCCCC(=O)N(CCCCC)C(C)c1nc2ccccc2c(=O)n1CC. The van der Waals surface area contributed by atoms with Crippen LogP contribution in [-0.2, 0) is 11.3 Å². The molecule has 1 amide bonds. The van der Waals surface area contributed by atoms with Crippen LogP contribution in [0.15, 0.2) is 29.1 Å². The van der Waals surface area contributed by atoms with Crippen LogP contribution in [0.5, 0.6) is 0 Å². The van der Waals surface area contributed by atoms with Crippen LogP contribution in [-0.4, -0.2) is 26.9 Å². The predicted molar refractivity (Wildman–Crippen MR) is 134 cm³/mol. The molecule has 0 bridgehead atoms. The minimum absolute atomic E-state index is 0.0204. The fourth-order valence-corrected chi connectivity index (χ4v) is 4.39. The number of para-hydroxylation sites is 1. The van der Waals surface area contributed by atoms with Gasteiger partial charge in [0.05, 0.1) is 16.9 Å². The first-order valence-corrected chi connectivity index (χ1v) is 12.8. The Labute approximate surface area is 194 Å². The third-order valence-electron chi connectivity index (χ3n) is 6.37. The molecule has 0 fully saturated rings. The van der Waals surface area contributed by atoms with Gasteiger partial charge in [-0.3, -0.25) is 14.2 Å². The van der Waals surface area contributed by atoms with E-state index in [4.69, 9.17) is 4.98 Å². The second-order valence-electron chi connectivity index (χ2n) is 8.88. The molecule has 178 valence electrons. The van der Waals surface area contributed by atoms with E-state index in [9.17, 15) is 9.59 Å². The molecule has 0 saturated heterocycles. The van der Waals surface area contributed by atoms with E-state index in [2.05, 4.69) is 13.8 Å². The summed E-state index contributed by atoms with van der Waals surface area (Å²) in [5.41, 5.74) is 0.685. The fourth-order valence-electron chi connectivity index (χ4n) is 4.39. The zero-order chi connectivity index (χ0) is 23.3. The first-order valence-electron chi connectivity index (χ1n) is 12.8. The van der Waals surface area contributed by atoms with Gasteiger partial charge in [-0.25, -0.2) is 4.98 Å². The summed E-state index contributed by atoms with van der Waals surface area (Å²) in [6, 6.07) is 7.27. The molecule has 0 aliphatic heterocycles. The van der Waals surface area contributed by atoms with Crippen LogP contribution in [0.3, 0.4) is 0 Å². The van der Waals surface area contributed by atoms with E-state index in [0.717, 1.165) is 38.6 Å². The minimum Gasteiger partial charge on any atom is -0.333 e. The Kier molecular flexibility index (Phi) is 11.5. The number of carbonyl (C=O) groups excluding carboxylic acids is 1. The highest BCUT2D eigenvalue weighted by atomic mass is 16.2. The molecule has 32 heavy (non-hydrogen) atoms. The number of amides is 1. The van der Waals surface area contributed by atoms with E-state index >= 15 is 0 Å². The van der Waals surface area contributed by atoms with E-state index in [-0.39, 0.29) is 17.5 Å². The van der Waals surface area contributed by atoms with Gasteiger partial charge in [-0.05, 0) is 38.8 Å². The van der Waals surface area contributed by atoms with Gasteiger partial charge in [0, 0.05) is 19.5 Å². The molecule has 1 heterocycles. The van der Waals surface area contributed by atoms with Crippen molar-refractivity contribution < 1.29 is 4.79 Å². The molecule has 0 N–H and O–H groups in total. The van der Waals surface area contributed by atoms with Crippen molar-refractivity contribution in [1.82, 2.24) is 14.5 Å². The number of carbonyl (C=O) groups is 1. The zero-order valence-electron chi connectivity index (χ0n) is 20.7. The van der Waals surface area contributed by atoms with Gasteiger partial charge < -0.3 is 4.90 Å². The molecule has 0 radical (unpaired) electrons. The van der Waals surface area contributed by atoms with Crippen molar-refractivity contribution in [2.24, 2.45) is 0 Å². The average Bonchev–Trinajstić information content (AvgIpc) is 2.80. The molecule has 0 saturated carbocycles. The van der Waals surface area contributed by atoms with Crippen LogP contribution in [0.4, 0.5) is 0 Å². The molecular weight excluding hydrogens is 398 g/mol. The smallest absolute Gasteiger partial charge is 0.261 e. The van der Waals surface area contributed by atoms with Crippen LogP contribution in [0.1, 0.15) is 110 Å². The second kappa shape index (κ2) is 14.1. The lowest BCUT2D eigenvalue weighted by atomic mass is 10.1. The van der Waals surface area contributed by atoms with Gasteiger partial charge in [0.25, 0.3) is 5.56 Å². The van der Waals surface area contributed by atoms with Crippen molar-refractivity contribution in [2.75, 3.05) is 6.54 Å². The standard InChI is InChI=1S/C27H43N3O2/c1-5-8-10-11-12-13-14-20-25(31)30(21-17-9-6-2)22(4)26-28-24-19-16-15-18-23(24)27(32)29(26)7-3/h15-16,18-19,22H,5-14,17,20-21H2,1-4H3. The second-order valence-corrected chi connectivity index (χ2v) is 8.88. The van der Waals surface area contributed by atoms with Gasteiger partial charge in [0.2, 0.25) is 5.91 Å². The molecular formula is C27H43N3O2. The van der Waals surface area contributed by atoms with E-state index in [1.54, 1.807) is 4.57 Å². The Hall–Kier alpha value is -2.17. The molecule has 1 aromatic carbocycles. The van der Waals surface area contributed by atoms with Gasteiger partial charge in [-0.2, -0.15) is 0 Å². The summed E-state index contributed by atoms with van der Waals surface area (Å²) in [4.78, 5) is 33.1. The molecule has 0 aliphatic rings. The van der Waals surface area contributed by atoms with Crippen molar-refractivity contribution in [3.05, 3.63) is 40.4 Å². The maximum Gasteiger partial charge on any atom is 0.261 e. The van der Waals surface area contributed by atoms with Crippen LogP contribution in [0.2, 0.25) is 0 Å². The highest BCUT2D eigenvalue weighted by Gasteiger charge is 2.25. The number of hydrogen-bond donors (Lipinski definition) is 0. The lowest BCUT2D eigenvalue weighted by Crippen LogP contribution is -2.38. The molecule has 2 aromatic rings. The molecule has 1 unspecified atom stereocenters. The quantitative estimate of drug-likeness (QED) is 0.291. The Bertz CT molecular complexity index is 890. The van der Waals surface area contributed by atoms with Gasteiger partial charge >= 0.3 is 0 Å². The number of aromatic nitrogens is 2. The zero-order valence-corrected chi connectivity index (χ0v) is 20.7. The summed E-state index contributed by atoms with van der Waals surface area (Å²) in [7, 11) is 0. The van der Waals surface area contributed by atoms with E-state index < -0.39 is 0 Å². The summed E-state index contributed by atoms with van der Waals surface area (Å²) >= 11 is 0. The molecule has 0 aliphatic carbocycles. The third kappa shape index (κ3) is 7.18. The normalized spacial score (nSPS) is 12.2. The Morgan fingerprint density at radius 2 is 1.56 bits per heavy atom. The average molecular weight is 442 g/mol. The largest absolute Gasteiger partial charge is 0.333 e.